The lowest BCUT2D eigenvalue weighted by Gasteiger charge is -2.07. The van der Waals surface area contributed by atoms with Crippen molar-refractivity contribution in [1.29, 1.82) is 0 Å². The van der Waals surface area contributed by atoms with Gasteiger partial charge in [-0.05, 0) is 30.7 Å². The third kappa shape index (κ3) is 4.64. The van der Waals surface area contributed by atoms with Crippen molar-refractivity contribution in [3.8, 4) is 5.75 Å². The molecule has 0 spiro atoms. The van der Waals surface area contributed by atoms with Crippen LogP contribution in [0.15, 0.2) is 29.2 Å². The van der Waals surface area contributed by atoms with Gasteiger partial charge in [0.05, 0.1) is 11.5 Å². The van der Waals surface area contributed by atoms with E-state index < -0.39 is 10.0 Å². The van der Waals surface area contributed by atoms with E-state index in [1.54, 1.807) is 12.1 Å². The minimum Gasteiger partial charge on any atom is -0.491 e. The molecule has 0 amide bonds. The topological polar surface area (TPSA) is 75.6 Å². The maximum Gasteiger partial charge on any atom is 0.240 e. The Hall–Kier alpha value is -1.11. The second-order valence-corrected chi connectivity index (χ2v) is 5.56. The molecule has 0 atom stereocenters. The van der Waals surface area contributed by atoms with Gasteiger partial charge in [-0.2, -0.15) is 0 Å². The van der Waals surface area contributed by atoms with Crippen LogP contribution in [0.3, 0.4) is 0 Å². The van der Waals surface area contributed by atoms with Gasteiger partial charge in [-0.3, -0.25) is 0 Å². The van der Waals surface area contributed by atoms with Crippen LogP contribution >= 0.6 is 0 Å². The van der Waals surface area contributed by atoms with Gasteiger partial charge in [-0.1, -0.05) is 13.3 Å². The van der Waals surface area contributed by atoms with Crippen molar-refractivity contribution >= 4 is 10.0 Å². The van der Waals surface area contributed by atoms with Gasteiger partial charge in [0, 0.05) is 6.54 Å². The summed E-state index contributed by atoms with van der Waals surface area (Å²) in [5, 5.41) is 8.60. The summed E-state index contributed by atoms with van der Waals surface area (Å²) in [6.07, 6.45) is 1.76. The molecule has 102 valence electrons. The van der Waals surface area contributed by atoms with Gasteiger partial charge in [-0.15, -0.1) is 0 Å². The van der Waals surface area contributed by atoms with Gasteiger partial charge < -0.3 is 9.84 Å². The monoisotopic (exact) mass is 273 g/mol. The first-order valence-corrected chi connectivity index (χ1v) is 7.42. The summed E-state index contributed by atoms with van der Waals surface area (Å²) in [5.74, 6) is 0.538. The van der Waals surface area contributed by atoms with Gasteiger partial charge in [0.15, 0.2) is 0 Å². The Morgan fingerprint density at radius 1 is 1.28 bits per heavy atom. The van der Waals surface area contributed by atoms with E-state index in [9.17, 15) is 8.42 Å². The minimum absolute atomic E-state index is 0.0708. The van der Waals surface area contributed by atoms with Crippen LogP contribution < -0.4 is 9.46 Å². The van der Waals surface area contributed by atoms with Crippen molar-refractivity contribution in [3.63, 3.8) is 0 Å². The zero-order valence-corrected chi connectivity index (χ0v) is 11.2. The van der Waals surface area contributed by atoms with Crippen LogP contribution in [0.4, 0.5) is 0 Å². The third-order valence-electron chi connectivity index (χ3n) is 2.32. The first kappa shape index (κ1) is 14.9. The fourth-order valence-corrected chi connectivity index (χ4v) is 2.42. The number of sulfonamides is 1. The molecule has 1 rings (SSSR count). The number of benzene rings is 1. The average Bonchev–Trinajstić information content (AvgIpc) is 2.37. The van der Waals surface area contributed by atoms with Gasteiger partial charge in [-0.25, -0.2) is 13.1 Å². The molecule has 0 unspecified atom stereocenters. The van der Waals surface area contributed by atoms with Crippen molar-refractivity contribution in [2.24, 2.45) is 0 Å². The number of ether oxygens (including phenoxy) is 1. The largest absolute Gasteiger partial charge is 0.491 e. The Balaban J connectivity index is 2.65. The summed E-state index contributed by atoms with van der Waals surface area (Å²) in [5.41, 5.74) is 0. The summed E-state index contributed by atoms with van der Waals surface area (Å²) in [6, 6.07) is 6.12. The van der Waals surface area contributed by atoms with Crippen LogP contribution in [0.1, 0.15) is 19.8 Å². The van der Waals surface area contributed by atoms with E-state index in [0.717, 1.165) is 12.8 Å². The fourth-order valence-electron chi connectivity index (χ4n) is 1.35. The standard InChI is InChI=1S/C12H19NO4S/c1-2-3-8-13-18(15,16)12-6-4-11(5-7-12)17-10-9-14/h4-7,13-14H,2-3,8-10H2,1H3. The molecule has 0 aromatic heterocycles. The molecule has 18 heavy (non-hydrogen) atoms. The summed E-state index contributed by atoms with van der Waals surface area (Å²) in [6.45, 7) is 2.57. The number of hydrogen-bond acceptors (Lipinski definition) is 4. The van der Waals surface area contributed by atoms with Gasteiger partial charge in [0.1, 0.15) is 12.4 Å². The summed E-state index contributed by atoms with van der Waals surface area (Å²) in [4.78, 5) is 0.218. The maximum absolute atomic E-state index is 11.8. The van der Waals surface area contributed by atoms with Crippen LogP contribution in [0, 0.1) is 0 Å². The molecule has 0 saturated heterocycles. The van der Waals surface area contributed by atoms with E-state index in [0.29, 0.717) is 12.3 Å². The van der Waals surface area contributed by atoms with Crippen LogP contribution in [0.25, 0.3) is 0 Å². The van der Waals surface area contributed by atoms with Crippen molar-refractivity contribution in [3.05, 3.63) is 24.3 Å². The van der Waals surface area contributed by atoms with Crippen LogP contribution in [0.2, 0.25) is 0 Å². The highest BCUT2D eigenvalue weighted by molar-refractivity contribution is 7.89. The summed E-state index contributed by atoms with van der Waals surface area (Å²) in [7, 11) is -3.42. The molecule has 2 N–H and O–H groups in total. The highest BCUT2D eigenvalue weighted by atomic mass is 32.2. The Kier molecular flexibility index (Phi) is 6.11. The van der Waals surface area contributed by atoms with E-state index in [-0.39, 0.29) is 18.1 Å². The highest BCUT2D eigenvalue weighted by Crippen LogP contribution is 2.15. The van der Waals surface area contributed by atoms with E-state index >= 15 is 0 Å². The number of hydrogen-bond donors (Lipinski definition) is 2. The summed E-state index contributed by atoms with van der Waals surface area (Å²) < 4.78 is 31.4. The molecule has 0 heterocycles. The number of rotatable bonds is 8. The van der Waals surface area contributed by atoms with E-state index in [4.69, 9.17) is 9.84 Å². The Labute approximate surface area is 108 Å². The van der Waals surface area contributed by atoms with Gasteiger partial charge in [0.25, 0.3) is 0 Å². The molecular formula is C12H19NO4S. The van der Waals surface area contributed by atoms with Crippen molar-refractivity contribution < 1.29 is 18.3 Å². The molecule has 0 aliphatic rings. The lowest BCUT2D eigenvalue weighted by atomic mass is 10.3. The highest BCUT2D eigenvalue weighted by Gasteiger charge is 2.12. The van der Waals surface area contributed by atoms with Crippen LogP contribution in [0.5, 0.6) is 5.75 Å². The average molecular weight is 273 g/mol. The Bertz CT molecular complexity index is 442. The smallest absolute Gasteiger partial charge is 0.240 e. The van der Waals surface area contributed by atoms with Gasteiger partial charge >= 0.3 is 0 Å². The zero-order chi connectivity index (χ0) is 13.4. The minimum atomic E-state index is -3.42. The second-order valence-electron chi connectivity index (χ2n) is 3.79. The van der Waals surface area contributed by atoms with Crippen LogP contribution in [-0.2, 0) is 10.0 Å². The maximum atomic E-state index is 11.8. The Morgan fingerprint density at radius 2 is 1.94 bits per heavy atom. The number of unbranched alkanes of at least 4 members (excludes halogenated alkanes) is 1. The Morgan fingerprint density at radius 3 is 2.50 bits per heavy atom. The fraction of sp³-hybridized carbons (Fsp3) is 0.500. The number of nitrogens with one attached hydrogen (secondary N) is 1. The predicted molar refractivity (Wildman–Crippen MR) is 69.1 cm³/mol. The van der Waals surface area contributed by atoms with E-state index in [1.165, 1.54) is 12.1 Å². The molecule has 1 aromatic rings. The molecule has 0 aliphatic heterocycles. The zero-order valence-electron chi connectivity index (χ0n) is 10.4. The van der Waals surface area contributed by atoms with Gasteiger partial charge in [0.2, 0.25) is 10.0 Å². The van der Waals surface area contributed by atoms with Crippen LogP contribution in [-0.4, -0.2) is 33.3 Å². The van der Waals surface area contributed by atoms with E-state index in [1.807, 2.05) is 6.92 Å². The third-order valence-corrected chi connectivity index (χ3v) is 3.79. The molecule has 0 fully saturated rings. The van der Waals surface area contributed by atoms with Crippen molar-refractivity contribution in [2.45, 2.75) is 24.7 Å². The molecule has 1 aromatic carbocycles. The molecule has 0 bridgehead atoms. The molecule has 5 nitrogen and oxygen atoms in total. The normalized spacial score (nSPS) is 11.4. The quantitative estimate of drug-likeness (QED) is 0.696. The lowest BCUT2D eigenvalue weighted by molar-refractivity contribution is 0.201. The van der Waals surface area contributed by atoms with Crippen molar-refractivity contribution in [1.82, 2.24) is 4.72 Å². The lowest BCUT2D eigenvalue weighted by Crippen LogP contribution is -2.24. The SMILES string of the molecule is CCCCNS(=O)(=O)c1ccc(OCCO)cc1. The molecule has 0 radical (unpaired) electrons. The number of aliphatic hydroxyl groups excluding tert-OH is 1. The first-order valence-electron chi connectivity index (χ1n) is 5.93. The molecular weight excluding hydrogens is 254 g/mol. The second kappa shape index (κ2) is 7.35. The molecule has 0 saturated carbocycles. The molecule has 6 heteroatoms. The van der Waals surface area contributed by atoms with Crippen molar-refractivity contribution in [2.75, 3.05) is 19.8 Å². The predicted octanol–water partition coefficient (Wildman–Crippen LogP) is 1.14. The molecule has 0 aliphatic carbocycles. The number of aliphatic hydroxyl groups is 1. The first-order chi connectivity index (χ1) is 8.60. The summed E-state index contributed by atoms with van der Waals surface area (Å²) >= 11 is 0. The van der Waals surface area contributed by atoms with E-state index in [2.05, 4.69) is 4.72 Å².